The second-order valence-electron chi connectivity index (χ2n) is 5.68. The van der Waals surface area contributed by atoms with Crippen LogP contribution in [0.1, 0.15) is 0 Å². The fraction of sp³-hybridized carbons (Fsp3) is 0. The average molecular weight is 301 g/mol. The first kappa shape index (κ1) is 12.8. The van der Waals surface area contributed by atoms with Gasteiger partial charge >= 0.3 is 7.32 Å². The van der Waals surface area contributed by atoms with E-state index >= 15 is 0 Å². The van der Waals surface area contributed by atoms with Gasteiger partial charge in [-0.1, -0.05) is 36.4 Å². The Kier molecular flexibility index (Phi) is 2.43. The van der Waals surface area contributed by atoms with Crippen molar-refractivity contribution in [3.8, 4) is 5.75 Å². The smallest absolute Gasteiger partial charge is 0.512 e. The normalized spacial score (nSPS) is 11.9. The molecule has 0 aliphatic heterocycles. The summed E-state index contributed by atoms with van der Waals surface area (Å²) >= 11 is 0. The minimum Gasteiger partial charge on any atom is -0.512 e. The van der Waals surface area contributed by atoms with E-state index in [2.05, 4.69) is 28.7 Å². The molecule has 5 aromatic rings. The van der Waals surface area contributed by atoms with Gasteiger partial charge in [0, 0.05) is 21.5 Å². The molecule has 2 aromatic heterocycles. The molecule has 2 heterocycles. The lowest BCUT2D eigenvalue weighted by molar-refractivity contribution is 0.288. The van der Waals surface area contributed by atoms with Crippen LogP contribution in [0, 0.1) is 0 Å². The lowest BCUT2D eigenvalue weighted by Gasteiger charge is -2.05. The van der Waals surface area contributed by atoms with E-state index in [1.54, 1.807) is 0 Å². The zero-order valence-corrected chi connectivity index (χ0v) is 12.1. The van der Waals surface area contributed by atoms with Crippen LogP contribution in [0.4, 0.5) is 0 Å². The predicted molar refractivity (Wildman–Crippen MR) is 91.9 cm³/mol. The van der Waals surface area contributed by atoms with Crippen LogP contribution in [0.15, 0.2) is 60.7 Å². The quantitative estimate of drug-likeness (QED) is 0.492. The molecule has 23 heavy (non-hydrogen) atoms. The van der Waals surface area contributed by atoms with Crippen LogP contribution in [-0.4, -0.2) is 21.8 Å². The van der Waals surface area contributed by atoms with E-state index in [0.717, 1.165) is 38.1 Å². The van der Waals surface area contributed by atoms with Crippen molar-refractivity contribution < 1.29 is 14.7 Å². The van der Waals surface area contributed by atoms with Gasteiger partial charge in [-0.2, -0.15) is 0 Å². The van der Waals surface area contributed by atoms with Crippen molar-refractivity contribution in [3.05, 3.63) is 60.7 Å². The zero-order chi connectivity index (χ0) is 15.6. The van der Waals surface area contributed by atoms with E-state index in [9.17, 15) is 0 Å². The maximum Gasteiger partial charge on any atom is 0.707 e. The Labute approximate surface area is 131 Å². The number of rotatable bonds is 2. The molecule has 0 unspecified atom stereocenters. The number of nitrogens with zero attached hydrogens (tertiary/aromatic N) is 1. The minimum absolute atomic E-state index is 0.446. The molecule has 5 rings (SSSR count). The van der Waals surface area contributed by atoms with Crippen molar-refractivity contribution in [2.75, 3.05) is 0 Å². The summed E-state index contributed by atoms with van der Waals surface area (Å²) in [6.07, 6.45) is 0. The van der Waals surface area contributed by atoms with E-state index in [1.807, 2.05) is 36.4 Å². The van der Waals surface area contributed by atoms with Crippen molar-refractivity contribution in [1.29, 1.82) is 0 Å². The molecule has 0 aliphatic carbocycles. The van der Waals surface area contributed by atoms with Crippen LogP contribution >= 0.6 is 0 Å². The average Bonchev–Trinajstić information content (AvgIpc) is 3.05. The van der Waals surface area contributed by atoms with Crippen LogP contribution in [-0.2, 0) is 0 Å². The molecule has 0 saturated carbocycles. The fourth-order valence-corrected chi connectivity index (χ4v) is 3.61. The van der Waals surface area contributed by atoms with Crippen molar-refractivity contribution in [1.82, 2.24) is 4.40 Å². The lowest BCUT2D eigenvalue weighted by atomic mass is 10.1. The van der Waals surface area contributed by atoms with Crippen molar-refractivity contribution in [3.63, 3.8) is 0 Å². The topological polar surface area (TPSA) is 54.1 Å². The third-order valence-corrected chi connectivity index (χ3v) is 4.42. The van der Waals surface area contributed by atoms with Crippen LogP contribution < -0.4 is 4.65 Å². The first-order valence-electron chi connectivity index (χ1n) is 7.44. The highest BCUT2D eigenvalue weighted by atomic mass is 16.6. The summed E-state index contributed by atoms with van der Waals surface area (Å²) in [4.78, 5) is 0. The summed E-state index contributed by atoms with van der Waals surface area (Å²) in [5.74, 6) is 0.446. The maximum absolute atomic E-state index is 9.14. The minimum atomic E-state index is -1.83. The molecule has 0 atom stereocenters. The maximum atomic E-state index is 9.14. The van der Waals surface area contributed by atoms with Gasteiger partial charge in [0.1, 0.15) is 5.75 Å². The zero-order valence-electron chi connectivity index (χ0n) is 12.1. The molecule has 0 amide bonds. The molecular weight excluding hydrogens is 289 g/mol. The van der Waals surface area contributed by atoms with Gasteiger partial charge in [-0.25, -0.2) is 0 Å². The van der Waals surface area contributed by atoms with Crippen LogP contribution in [0.2, 0.25) is 0 Å². The molecule has 4 nitrogen and oxygen atoms in total. The summed E-state index contributed by atoms with van der Waals surface area (Å²) in [5, 5.41) is 22.6. The molecular formula is C18H12BNO3. The Hall–Kier alpha value is -2.76. The summed E-state index contributed by atoms with van der Waals surface area (Å²) in [6.45, 7) is 0. The standard InChI is InChI=1S/C18H12BNO3/c21-19(22)23-11-9-14-12-5-1-3-7-16(12)20-17-8-4-2-6-13(17)15(10-11)18(14)20/h1-10,21-22H. The van der Waals surface area contributed by atoms with Gasteiger partial charge in [-0.05, 0) is 24.3 Å². The molecule has 3 aromatic carbocycles. The largest absolute Gasteiger partial charge is 0.707 e. The Morgan fingerprint density at radius 1 is 0.739 bits per heavy atom. The van der Waals surface area contributed by atoms with Gasteiger partial charge in [-0.15, -0.1) is 0 Å². The predicted octanol–water partition coefficient (Wildman–Crippen LogP) is 3.19. The van der Waals surface area contributed by atoms with Gasteiger partial charge < -0.3 is 19.1 Å². The number of para-hydroxylation sites is 2. The van der Waals surface area contributed by atoms with Crippen molar-refractivity contribution in [2.24, 2.45) is 0 Å². The molecule has 0 fully saturated rings. The van der Waals surface area contributed by atoms with Gasteiger partial charge in [0.25, 0.3) is 0 Å². The third-order valence-electron chi connectivity index (χ3n) is 4.42. The Morgan fingerprint density at radius 3 is 1.78 bits per heavy atom. The van der Waals surface area contributed by atoms with E-state index in [-0.39, 0.29) is 0 Å². The highest BCUT2D eigenvalue weighted by Gasteiger charge is 2.19. The van der Waals surface area contributed by atoms with Gasteiger partial charge in [0.15, 0.2) is 0 Å². The highest BCUT2D eigenvalue weighted by molar-refractivity contribution is 6.34. The Bertz CT molecular complexity index is 1100. The summed E-state index contributed by atoms with van der Waals surface area (Å²) in [6, 6.07) is 20.1. The fourth-order valence-electron chi connectivity index (χ4n) is 3.61. The SMILES string of the molecule is OB(O)Oc1cc2c3ccccc3n3c4ccccc4c(c1)c23. The molecule has 0 spiro atoms. The molecule has 0 saturated heterocycles. The second-order valence-corrected chi connectivity index (χ2v) is 5.68. The number of fused-ring (bicyclic) bond motifs is 6. The summed E-state index contributed by atoms with van der Waals surface area (Å²) < 4.78 is 7.38. The van der Waals surface area contributed by atoms with E-state index in [1.165, 1.54) is 0 Å². The monoisotopic (exact) mass is 301 g/mol. The van der Waals surface area contributed by atoms with Crippen molar-refractivity contribution >= 4 is 45.4 Å². The molecule has 110 valence electrons. The first-order chi connectivity index (χ1) is 11.2. The number of hydrogen-bond donors (Lipinski definition) is 2. The number of benzene rings is 3. The van der Waals surface area contributed by atoms with E-state index in [0.29, 0.717) is 5.75 Å². The molecule has 2 N–H and O–H groups in total. The second kappa shape index (κ2) is 4.38. The summed E-state index contributed by atoms with van der Waals surface area (Å²) in [7, 11) is -1.83. The van der Waals surface area contributed by atoms with Crippen LogP contribution in [0.25, 0.3) is 38.1 Å². The van der Waals surface area contributed by atoms with E-state index < -0.39 is 7.32 Å². The number of aromatic nitrogens is 1. The van der Waals surface area contributed by atoms with Crippen LogP contribution in [0.3, 0.4) is 0 Å². The van der Waals surface area contributed by atoms with E-state index in [4.69, 9.17) is 14.7 Å². The van der Waals surface area contributed by atoms with Gasteiger partial charge in [0.05, 0.1) is 16.6 Å². The molecule has 5 heteroatoms. The number of hydrogen-bond acceptors (Lipinski definition) is 3. The molecule has 0 radical (unpaired) electrons. The Balaban J connectivity index is 2.07. The third kappa shape index (κ3) is 1.63. The lowest BCUT2D eigenvalue weighted by Crippen LogP contribution is -2.20. The summed E-state index contributed by atoms with van der Waals surface area (Å²) in [5.41, 5.74) is 3.40. The molecule has 0 aliphatic rings. The van der Waals surface area contributed by atoms with Gasteiger partial charge in [0.2, 0.25) is 0 Å². The van der Waals surface area contributed by atoms with Crippen LogP contribution in [0.5, 0.6) is 5.75 Å². The highest BCUT2D eigenvalue weighted by Crippen LogP contribution is 2.41. The molecule has 0 bridgehead atoms. The van der Waals surface area contributed by atoms with Crippen molar-refractivity contribution in [2.45, 2.75) is 0 Å². The van der Waals surface area contributed by atoms with Gasteiger partial charge in [-0.3, -0.25) is 0 Å². The Morgan fingerprint density at radius 2 is 1.26 bits per heavy atom. The first-order valence-corrected chi connectivity index (χ1v) is 7.44.